The van der Waals surface area contributed by atoms with Gasteiger partial charge in [-0.1, -0.05) is 0 Å². The van der Waals surface area contributed by atoms with Crippen LogP contribution in [0.1, 0.15) is 34.2 Å². The molecule has 1 aromatic rings. The van der Waals surface area contributed by atoms with Gasteiger partial charge in [0.2, 0.25) is 0 Å². The molecule has 0 aliphatic carbocycles. The number of carbonyl (C=O) groups excluding carboxylic acids is 1. The van der Waals surface area contributed by atoms with Crippen molar-refractivity contribution in [1.29, 1.82) is 0 Å². The monoisotopic (exact) mass is 262 g/mol. The summed E-state index contributed by atoms with van der Waals surface area (Å²) in [5.41, 5.74) is -0.536. The molecule has 0 fully saturated rings. The molecule has 4 nitrogen and oxygen atoms in total. The quantitative estimate of drug-likeness (QED) is 0.800. The lowest BCUT2D eigenvalue weighted by atomic mass is 10.0. The molecular weight excluding hydrogens is 249 g/mol. The number of carbonyl (C=O) groups is 1. The van der Waals surface area contributed by atoms with Crippen LogP contribution in [0.25, 0.3) is 0 Å². The van der Waals surface area contributed by atoms with E-state index in [4.69, 9.17) is 4.74 Å². The van der Waals surface area contributed by atoms with E-state index < -0.39 is 17.8 Å². The molecule has 0 saturated heterocycles. The van der Waals surface area contributed by atoms with Gasteiger partial charge in [-0.3, -0.25) is 0 Å². The summed E-state index contributed by atoms with van der Waals surface area (Å²) in [6.45, 7) is 2.46. The van der Waals surface area contributed by atoms with Gasteiger partial charge in [-0.05, 0) is 25.5 Å². The fraction of sp³-hybridized carbons (Fsp3) is 0.545. The lowest BCUT2D eigenvalue weighted by molar-refractivity contribution is -0.141. The second kappa shape index (κ2) is 4.64. The molecule has 2 heterocycles. The summed E-state index contributed by atoms with van der Waals surface area (Å²) < 4.78 is 43.3. The van der Waals surface area contributed by atoms with Gasteiger partial charge in [0, 0.05) is 12.2 Å². The number of H-pyrrole nitrogens is 1. The first-order chi connectivity index (χ1) is 8.45. The molecule has 0 radical (unpaired) electrons. The van der Waals surface area contributed by atoms with E-state index in [1.54, 1.807) is 6.92 Å². The minimum atomic E-state index is -4.58. The van der Waals surface area contributed by atoms with Gasteiger partial charge in [0.1, 0.15) is 5.69 Å². The second-order valence-corrected chi connectivity index (χ2v) is 3.98. The molecule has 0 unspecified atom stereocenters. The fourth-order valence-electron chi connectivity index (χ4n) is 2.09. The SMILES string of the molecule is CCOC(=O)c1c(C(F)(F)F)[nH]c2c1CCNC2. The molecule has 0 atom stereocenters. The van der Waals surface area contributed by atoms with Crippen LogP contribution in [-0.4, -0.2) is 24.1 Å². The summed E-state index contributed by atoms with van der Waals surface area (Å²) in [5.74, 6) is -0.913. The number of hydrogen-bond acceptors (Lipinski definition) is 3. The van der Waals surface area contributed by atoms with E-state index in [2.05, 4.69) is 10.3 Å². The first kappa shape index (κ1) is 12.9. The van der Waals surface area contributed by atoms with Crippen LogP contribution >= 0.6 is 0 Å². The Bertz CT molecular complexity index is 466. The van der Waals surface area contributed by atoms with Gasteiger partial charge < -0.3 is 15.0 Å². The predicted octanol–water partition coefficient (Wildman–Crippen LogP) is 1.86. The van der Waals surface area contributed by atoms with E-state index in [1.807, 2.05) is 0 Å². The van der Waals surface area contributed by atoms with Crippen LogP contribution in [0.5, 0.6) is 0 Å². The molecule has 2 rings (SSSR count). The molecule has 0 saturated carbocycles. The Morgan fingerprint density at radius 1 is 1.44 bits per heavy atom. The molecule has 0 aromatic carbocycles. The van der Waals surface area contributed by atoms with E-state index in [0.29, 0.717) is 30.8 Å². The highest BCUT2D eigenvalue weighted by Crippen LogP contribution is 2.35. The zero-order chi connectivity index (χ0) is 13.3. The molecule has 18 heavy (non-hydrogen) atoms. The third-order valence-corrected chi connectivity index (χ3v) is 2.81. The van der Waals surface area contributed by atoms with Crippen molar-refractivity contribution in [2.45, 2.75) is 26.1 Å². The van der Waals surface area contributed by atoms with Crippen LogP contribution < -0.4 is 5.32 Å². The summed E-state index contributed by atoms with van der Waals surface area (Å²) in [6, 6.07) is 0. The van der Waals surface area contributed by atoms with Crippen LogP contribution in [0.3, 0.4) is 0 Å². The van der Waals surface area contributed by atoms with Crippen LogP contribution in [0, 0.1) is 0 Å². The van der Waals surface area contributed by atoms with Crippen molar-refractivity contribution in [2.75, 3.05) is 13.2 Å². The number of aromatic nitrogens is 1. The highest BCUT2D eigenvalue weighted by Gasteiger charge is 2.40. The molecule has 0 spiro atoms. The average molecular weight is 262 g/mol. The van der Waals surface area contributed by atoms with Gasteiger partial charge in [-0.2, -0.15) is 13.2 Å². The fourth-order valence-corrected chi connectivity index (χ4v) is 2.09. The summed E-state index contributed by atoms with van der Waals surface area (Å²) in [6.07, 6.45) is -4.20. The van der Waals surface area contributed by atoms with E-state index in [0.717, 1.165) is 0 Å². The molecule has 0 bridgehead atoms. The maximum absolute atomic E-state index is 12.9. The summed E-state index contributed by atoms with van der Waals surface area (Å²) in [4.78, 5) is 14.0. The smallest absolute Gasteiger partial charge is 0.432 e. The molecule has 1 aliphatic rings. The normalized spacial score (nSPS) is 15.3. The van der Waals surface area contributed by atoms with Crippen molar-refractivity contribution in [3.8, 4) is 0 Å². The van der Waals surface area contributed by atoms with E-state index >= 15 is 0 Å². The largest absolute Gasteiger partial charge is 0.462 e. The zero-order valence-electron chi connectivity index (χ0n) is 9.78. The maximum atomic E-state index is 12.9. The standard InChI is InChI=1S/C11H13F3N2O2/c1-2-18-10(17)8-6-3-4-15-5-7(6)16-9(8)11(12,13)14/h15-16H,2-5H2,1H3. The number of alkyl halides is 3. The van der Waals surface area contributed by atoms with Crippen molar-refractivity contribution in [3.05, 3.63) is 22.5 Å². The minimum absolute atomic E-state index is 0.0499. The first-order valence-corrected chi connectivity index (χ1v) is 5.64. The Labute approximate surface area is 102 Å². The molecule has 1 aliphatic heterocycles. The van der Waals surface area contributed by atoms with Crippen molar-refractivity contribution in [3.63, 3.8) is 0 Å². The Hall–Kier alpha value is -1.50. The molecule has 1 aromatic heterocycles. The molecule has 2 N–H and O–H groups in total. The Balaban J connectivity index is 2.52. The zero-order valence-corrected chi connectivity index (χ0v) is 9.78. The molecular formula is C11H13F3N2O2. The number of halogens is 3. The Morgan fingerprint density at radius 2 is 2.17 bits per heavy atom. The van der Waals surface area contributed by atoms with Crippen molar-refractivity contribution in [1.82, 2.24) is 10.3 Å². The number of nitrogens with one attached hydrogen (secondary N) is 2. The lowest BCUT2D eigenvalue weighted by Gasteiger charge is -2.13. The number of fused-ring (bicyclic) bond motifs is 1. The first-order valence-electron chi connectivity index (χ1n) is 5.64. The average Bonchev–Trinajstić information content (AvgIpc) is 2.68. The number of esters is 1. The second-order valence-electron chi connectivity index (χ2n) is 3.98. The molecule has 7 heteroatoms. The van der Waals surface area contributed by atoms with Gasteiger partial charge in [-0.15, -0.1) is 0 Å². The number of ether oxygens (including phenoxy) is 1. The topological polar surface area (TPSA) is 54.1 Å². The third kappa shape index (κ3) is 2.22. The maximum Gasteiger partial charge on any atom is 0.432 e. The van der Waals surface area contributed by atoms with Crippen molar-refractivity contribution in [2.24, 2.45) is 0 Å². The highest BCUT2D eigenvalue weighted by molar-refractivity contribution is 5.93. The van der Waals surface area contributed by atoms with Crippen LogP contribution in [-0.2, 0) is 23.9 Å². The lowest BCUT2D eigenvalue weighted by Crippen LogP contribution is -2.24. The van der Waals surface area contributed by atoms with Gasteiger partial charge >= 0.3 is 12.1 Å². The van der Waals surface area contributed by atoms with Gasteiger partial charge in [0.05, 0.1) is 12.2 Å². The molecule has 0 amide bonds. The predicted molar refractivity (Wildman–Crippen MR) is 57.2 cm³/mol. The Morgan fingerprint density at radius 3 is 2.78 bits per heavy atom. The van der Waals surface area contributed by atoms with E-state index in [9.17, 15) is 18.0 Å². The van der Waals surface area contributed by atoms with Crippen LogP contribution in [0.15, 0.2) is 0 Å². The number of hydrogen-bond donors (Lipinski definition) is 2. The molecule has 100 valence electrons. The van der Waals surface area contributed by atoms with Crippen LogP contribution in [0.2, 0.25) is 0 Å². The minimum Gasteiger partial charge on any atom is -0.462 e. The number of rotatable bonds is 2. The van der Waals surface area contributed by atoms with E-state index in [-0.39, 0.29) is 12.2 Å². The van der Waals surface area contributed by atoms with Gasteiger partial charge in [0.15, 0.2) is 0 Å². The van der Waals surface area contributed by atoms with Crippen molar-refractivity contribution < 1.29 is 22.7 Å². The van der Waals surface area contributed by atoms with E-state index in [1.165, 1.54) is 0 Å². The number of aromatic amines is 1. The van der Waals surface area contributed by atoms with Gasteiger partial charge in [0.25, 0.3) is 0 Å². The van der Waals surface area contributed by atoms with Gasteiger partial charge in [-0.25, -0.2) is 4.79 Å². The summed E-state index contributed by atoms with van der Waals surface area (Å²) in [7, 11) is 0. The highest BCUT2D eigenvalue weighted by atomic mass is 19.4. The van der Waals surface area contributed by atoms with Crippen LogP contribution in [0.4, 0.5) is 13.2 Å². The third-order valence-electron chi connectivity index (χ3n) is 2.81. The van der Waals surface area contributed by atoms with Crippen molar-refractivity contribution >= 4 is 5.97 Å². The summed E-state index contributed by atoms with van der Waals surface area (Å²) in [5, 5.41) is 2.95. The Kier molecular flexibility index (Phi) is 3.34. The summed E-state index contributed by atoms with van der Waals surface area (Å²) >= 11 is 0.